The van der Waals surface area contributed by atoms with Crippen molar-refractivity contribution in [2.45, 2.75) is 71.6 Å². The summed E-state index contributed by atoms with van der Waals surface area (Å²) in [5, 5.41) is 0. The van der Waals surface area contributed by atoms with Crippen molar-refractivity contribution in [2.75, 3.05) is 0 Å². The Morgan fingerprint density at radius 3 is 0.694 bits per heavy atom. The highest BCUT2D eigenvalue weighted by Gasteiger charge is 2.93. The van der Waals surface area contributed by atoms with E-state index in [0.29, 0.717) is 34.8 Å². The first kappa shape index (κ1) is 51.0. The average molecular weight is 1020 g/mol. The number of alkyl halides is 26. The van der Waals surface area contributed by atoms with Crippen molar-refractivity contribution in [3.63, 3.8) is 0 Å². The van der Waals surface area contributed by atoms with Gasteiger partial charge in [-0.3, -0.25) is 9.59 Å². The molecule has 0 atom stereocenters. The fraction of sp³-hybridized carbons (Fsp3) is 0.400. The Hall–Kier alpha value is -3.68. The zero-order valence-electron chi connectivity index (χ0n) is 27.9. The third-order valence-corrected chi connectivity index (χ3v) is 13.0. The van der Waals surface area contributed by atoms with Gasteiger partial charge in [-0.05, 0) is 48.5 Å². The van der Waals surface area contributed by atoms with Crippen molar-refractivity contribution in [1.82, 2.24) is 0 Å². The molecule has 4 heterocycles. The third kappa shape index (κ3) is 7.24. The molecule has 0 aliphatic rings. The molecule has 346 valence electrons. The van der Waals surface area contributed by atoms with Crippen molar-refractivity contribution in [2.24, 2.45) is 0 Å². The number of hydrogen-bond acceptors (Lipinski definition) is 6. The summed E-state index contributed by atoms with van der Waals surface area (Å²) in [7, 11) is 0. The van der Waals surface area contributed by atoms with Gasteiger partial charge in [-0.15, -0.1) is 45.3 Å². The number of ketones is 2. The molecule has 32 heteroatoms. The van der Waals surface area contributed by atoms with Crippen LogP contribution in [0.5, 0.6) is 0 Å². The molecule has 2 nitrogen and oxygen atoms in total. The maximum absolute atomic E-state index is 14.5. The number of halogens is 26. The molecular formula is C30H8F26O2S4. The van der Waals surface area contributed by atoms with Gasteiger partial charge in [0.25, 0.3) is 0 Å². The number of rotatable bonds is 15. The first-order chi connectivity index (χ1) is 27.4. The van der Waals surface area contributed by atoms with Gasteiger partial charge >= 0.3 is 71.6 Å². The zero-order valence-corrected chi connectivity index (χ0v) is 31.2. The lowest BCUT2D eigenvalue weighted by Gasteiger charge is -2.39. The van der Waals surface area contributed by atoms with E-state index in [0.717, 1.165) is 24.3 Å². The molecule has 0 N–H and O–H groups in total. The maximum Gasteiger partial charge on any atom is 0.460 e. The van der Waals surface area contributed by atoms with Crippen LogP contribution in [0.15, 0.2) is 48.5 Å². The predicted molar refractivity (Wildman–Crippen MR) is 164 cm³/mol. The van der Waals surface area contributed by atoms with Crippen LogP contribution in [0.4, 0.5) is 114 Å². The lowest BCUT2D eigenvalue weighted by atomic mass is 9.92. The van der Waals surface area contributed by atoms with Gasteiger partial charge in [0, 0.05) is 29.3 Å². The van der Waals surface area contributed by atoms with Crippen LogP contribution in [0.1, 0.15) is 19.3 Å². The molecule has 62 heavy (non-hydrogen) atoms. The Morgan fingerprint density at radius 1 is 0.274 bits per heavy atom. The highest BCUT2D eigenvalue weighted by atomic mass is 32.1. The van der Waals surface area contributed by atoms with Gasteiger partial charge < -0.3 is 0 Å². The number of Topliss-reactive ketones (excluding diaryl/α,β-unsaturated/α-hetero) is 2. The minimum absolute atomic E-state index is 0.0831. The molecule has 0 aliphatic carbocycles. The summed E-state index contributed by atoms with van der Waals surface area (Å²) in [6.07, 6.45) is -15.4. The Bertz CT molecular complexity index is 2160. The second-order valence-electron chi connectivity index (χ2n) is 12.1. The zero-order chi connectivity index (χ0) is 48.3. The standard InChI is InChI=1S/C30H8F26O2S4/c31-19(32,21(35,36)23(39,40)25(43,44)27(47,48)29(51,52)53)17(57)15-7-5-13(61-15)11-3-1-9(59-11)10-2-4-12(60-10)14-6-8-16(62-14)18(58)20(33,34)22(37,38)24(41,42)26(45,46)28(49,50)30(54,55)56/h1-8H. The summed E-state index contributed by atoms with van der Waals surface area (Å²) in [4.78, 5) is 20.3. The summed E-state index contributed by atoms with van der Waals surface area (Å²) in [6.45, 7) is 0. The molecule has 0 spiro atoms. The highest BCUT2D eigenvalue weighted by Crippen LogP contribution is 2.62. The maximum atomic E-state index is 14.5. The summed E-state index contributed by atoms with van der Waals surface area (Å²) < 4.78 is 351. The normalized spacial score (nSPS) is 15.1. The molecule has 0 radical (unpaired) electrons. The van der Waals surface area contributed by atoms with Crippen LogP contribution >= 0.6 is 45.3 Å². The Labute approximate surface area is 339 Å². The van der Waals surface area contributed by atoms with E-state index in [1.54, 1.807) is 0 Å². The highest BCUT2D eigenvalue weighted by molar-refractivity contribution is 7.29. The molecule has 4 aromatic rings. The van der Waals surface area contributed by atoms with Gasteiger partial charge in [0.2, 0.25) is 11.6 Å². The average Bonchev–Trinajstić information content (AvgIpc) is 3.95. The fourth-order valence-electron chi connectivity index (χ4n) is 4.52. The molecule has 0 aromatic carbocycles. The topological polar surface area (TPSA) is 34.1 Å². The molecule has 0 unspecified atom stereocenters. The van der Waals surface area contributed by atoms with Gasteiger partial charge in [0.05, 0.1) is 9.75 Å². The molecule has 0 aliphatic heterocycles. The van der Waals surface area contributed by atoms with E-state index >= 15 is 0 Å². The first-order valence-corrected chi connectivity index (χ1v) is 18.1. The Balaban J connectivity index is 1.57. The monoisotopic (exact) mass is 1020 g/mol. The van der Waals surface area contributed by atoms with Crippen LogP contribution in [0, 0.1) is 0 Å². The van der Waals surface area contributed by atoms with E-state index < -0.39 is 92.9 Å². The lowest BCUT2D eigenvalue weighted by Crippen LogP contribution is -2.71. The van der Waals surface area contributed by atoms with Gasteiger partial charge in [0.1, 0.15) is 0 Å². The van der Waals surface area contributed by atoms with Crippen molar-refractivity contribution < 1.29 is 124 Å². The van der Waals surface area contributed by atoms with Crippen LogP contribution in [0.3, 0.4) is 0 Å². The number of carbonyl (C=O) groups excluding carboxylic acids is 2. The van der Waals surface area contributed by atoms with Crippen molar-refractivity contribution in [1.29, 1.82) is 0 Å². The van der Waals surface area contributed by atoms with E-state index in [2.05, 4.69) is 0 Å². The van der Waals surface area contributed by atoms with E-state index in [1.165, 1.54) is 0 Å². The van der Waals surface area contributed by atoms with Crippen molar-refractivity contribution in [3.05, 3.63) is 58.3 Å². The second-order valence-corrected chi connectivity index (χ2v) is 16.4. The smallest absolute Gasteiger partial charge is 0.286 e. The largest absolute Gasteiger partial charge is 0.460 e. The number of hydrogen-bond donors (Lipinski definition) is 0. The molecule has 4 rings (SSSR count). The van der Waals surface area contributed by atoms with Gasteiger partial charge in [-0.1, -0.05) is 0 Å². The summed E-state index contributed by atoms with van der Waals surface area (Å²) >= 11 is 0.714. The van der Waals surface area contributed by atoms with E-state index in [9.17, 15) is 124 Å². The van der Waals surface area contributed by atoms with Gasteiger partial charge in [0.15, 0.2) is 0 Å². The van der Waals surface area contributed by atoms with Crippen LogP contribution in [0.25, 0.3) is 29.3 Å². The van der Waals surface area contributed by atoms with E-state index in [-0.39, 0.29) is 64.1 Å². The third-order valence-electron chi connectivity index (χ3n) is 8.04. The molecule has 0 saturated heterocycles. The van der Waals surface area contributed by atoms with Crippen molar-refractivity contribution >= 4 is 56.9 Å². The lowest BCUT2D eigenvalue weighted by molar-refractivity contribution is -0.435. The number of thiophene rings is 4. The Morgan fingerprint density at radius 2 is 0.468 bits per heavy atom. The van der Waals surface area contributed by atoms with Crippen LogP contribution in [0.2, 0.25) is 0 Å². The molecule has 0 fully saturated rings. The molecule has 0 amide bonds. The van der Waals surface area contributed by atoms with E-state index in [1.807, 2.05) is 0 Å². The molecule has 0 saturated carbocycles. The van der Waals surface area contributed by atoms with Crippen LogP contribution < -0.4 is 0 Å². The van der Waals surface area contributed by atoms with Gasteiger partial charge in [-0.2, -0.15) is 114 Å². The quantitative estimate of drug-likeness (QED) is 0.0878. The SMILES string of the molecule is O=C(c1ccc(-c2ccc(-c3ccc(-c4ccc(C(=O)C(F)(F)C(F)(F)C(F)(F)C(F)(F)C(F)(F)C(F)(F)F)s4)s3)s2)s1)C(F)(F)C(F)(F)C(F)(F)C(F)(F)C(F)(F)C(F)(F)F. The number of carbonyl (C=O) groups is 2. The minimum Gasteiger partial charge on any atom is -0.286 e. The summed E-state index contributed by atoms with van der Waals surface area (Å²) in [5.41, 5.74) is 0. The minimum atomic E-state index is -8.25. The van der Waals surface area contributed by atoms with Gasteiger partial charge in [-0.25, -0.2) is 0 Å². The Kier molecular flexibility index (Phi) is 12.3. The molecule has 0 bridgehead atoms. The first-order valence-electron chi connectivity index (χ1n) is 14.8. The second kappa shape index (κ2) is 14.9. The summed E-state index contributed by atoms with van der Waals surface area (Å²) in [6, 6.07) is 6.23. The van der Waals surface area contributed by atoms with E-state index in [4.69, 9.17) is 0 Å². The van der Waals surface area contributed by atoms with Crippen LogP contribution in [-0.4, -0.2) is 83.1 Å². The predicted octanol–water partition coefficient (Wildman–Crippen LogP) is 14.8. The van der Waals surface area contributed by atoms with Crippen LogP contribution in [-0.2, 0) is 0 Å². The fourth-order valence-corrected chi connectivity index (χ4v) is 8.76. The molecule has 4 aromatic heterocycles. The van der Waals surface area contributed by atoms with Crippen molar-refractivity contribution in [3.8, 4) is 29.3 Å². The summed E-state index contributed by atoms with van der Waals surface area (Å²) in [5.74, 6) is -85.9. The molecular weight excluding hydrogens is 1010 g/mol.